The molecular formula is C20H16N4. The van der Waals surface area contributed by atoms with Gasteiger partial charge in [0, 0.05) is 17.3 Å². The Morgan fingerprint density at radius 1 is 0.792 bits per heavy atom. The number of aryl methyl sites for hydroxylation is 1. The van der Waals surface area contributed by atoms with Gasteiger partial charge in [0.1, 0.15) is 11.5 Å². The van der Waals surface area contributed by atoms with Crippen LogP contribution in [0.3, 0.4) is 0 Å². The van der Waals surface area contributed by atoms with E-state index in [2.05, 4.69) is 34.3 Å². The van der Waals surface area contributed by atoms with E-state index in [-0.39, 0.29) is 0 Å². The Kier molecular flexibility index (Phi) is 3.63. The minimum Gasteiger partial charge on any atom is -0.340 e. The predicted molar refractivity (Wildman–Crippen MR) is 97.2 cm³/mol. The van der Waals surface area contributed by atoms with Crippen LogP contribution in [0.25, 0.3) is 22.4 Å². The molecule has 24 heavy (non-hydrogen) atoms. The SMILES string of the molecule is Cc1ccc(Nc2nc(-c3ccccn3)nc3ccccc23)cc1. The normalized spacial score (nSPS) is 10.7. The van der Waals surface area contributed by atoms with E-state index in [4.69, 9.17) is 4.98 Å². The lowest BCUT2D eigenvalue weighted by Crippen LogP contribution is -2.00. The molecule has 4 rings (SSSR count). The van der Waals surface area contributed by atoms with Crippen molar-refractivity contribution in [1.82, 2.24) is 15.0 Å². The smallest absolute Gasteiger partial charge is 0.180 e. The Labute approximate surface area is 140 Å². The van der Waals surface area contributed by atoms with Crippen LogP contribution in [0.4, 0.5) is 11.5 Å². The number of fused-ring (bicyclic) bond motifs is 1. The van der Waals surface area contributed by atoms with Gasteiger partial charge in [0.15, 0.2) is 5.82 Å². The van der Waals surface area contributed by atoms with Gasteiger partial charge in [-0.15, -0.1) is 0 Å². The number of aromatic nitrogens is 3. The largest absolute Gasteiger partial charge is 0.340 e. The van der Waals surface area contributed by atoms with Crippen molar-refractivity contribution in [3.63, 3.8) is 0 Å². The molecule has 0 radical (unpaired) electrons. The average molecular weight is 312 g/mol. The maximum atomic E-state index is 4.70. The van der Waals surface area contributed by atoms with Crippen LogP contribution in [0, 0.1) is 6.92 Å². The van der Waals surface area contributed by atoms with Gasteiger partial charge in [0.05, 0.1) is 5.52 Å². The second kappa shape index (κ2) is 6.08. The molecular weight excluding hydrogens is 296 g/mol. The monoisotopic (exact) mass is 312 g/mol. The van der Waals surface area contributed by atoms with Gasteiger partial charge in [-0.2, -0.15) is 0 Å². The molecule has 0 spiro atoms. The topological polar surface area (TPSA) is 50.7 Å². The van der Waals surface area contributed by atoms with E-state index in [0.717, 1.165) is 28.1 Å². The van der Waals surface area contributed by atoms with E-state index < -0.39 is 0 Å². The number of nitrogens with zero attached hydrogens (tertiary/aromatic N) is 3. The highest BCUT2D eigenvalue weighted by Crippen LogP contribution is 2.26. The minimum atomic E-state index is 0.615. The van der Waals surface area contributed by atoms with E-state index in [0.29, 0.717) is 5.82 Å². The summed E-state index contributed by atoms with van der Waals surface area (Å²) in [6, 6.07) is 22.0. The molecule has 4 heteroatoms. The number of nitrogens with one attached hydrogen (secondary N) is 1. The van der Waals surface area contributed by atoms with E-state index in [1.54, 1.807) is 6.20 Å². The van der Waals surface area contributed by atoms with Crippen molar-refractivity contribution in [3.8, 4) is 11.5 Å². The number of benzene rings is 2. The lowest BCUT2D eigenvalue weighted by molar-refractivity contribution is 1.17. The quantitative estimate of drug-likeness (QED) is 0.593. The maximum absolute atomic E-state index is 4.70. The average Bonchev–Trinajstić information content (AvgIpc) is 2.64. The zero-order valence-corrected chi connectivity index (χ0v) is 13.3. The summed E-state index contributed by atoms with van der Waals surface area (Å²) < 4.78 is 0. The van der Waals surface area contributed by atoms with Crippen molar-refractivity contribution < 1.29 is 0 Å². The van der Waals surface area contributed by atoms with Gasteiger partial charge in [0.25, 0.3) is 0 Å². The Hall–Kier alpha value is -3.27. The lowest BCUT2D eigenvalue weighted by atomic mass is 10.2. The third kappa shape index (κ3) is 2.82. The van der Waals surface area contributed by atoms with E-state index in [1.807, 2.05) is 54.6 Å². The highest BCUT2D eigenvalue weighted by Gasteiger charge is 2.10. The molecule has 1 N–H and O–H groups in total. The van der Waals surface area contributed by atoms with Crippen molar-refractivity contribution >= 4 is 22.4 Å². The van der Waals surface area contributed by atoms with Crippen molar-refractivity contribution in [3.05, 3.63) is 78.5 Å². The Bertz CT molecular complexity index is 979. The number of pyridine rings is 1. The fraction of sp³-hybridized carbons (Fsp3) is 0.0500. The molecule has 0 amide bonds. The summed E-state index contributed by atoms with van der Waals surface area (Å²) in [5.41, 5.74) is 3.87. The van der Waals surface area contributed by atoms with E-state index in [9.17, 15) is 0 Å². The summed E-state index contributed by atoms with van der Waals surface area (Å²) in [5, 5.41) is 4.39. The van der Waals surface area contributed by atoms with Crippen molar-refractivity contribution in [2.45, 2.75) is 6.92 Å². The number of hydrogen-bond acceptors (Lipinski definition) is 4. The third-order valence-electron chi connectivity index (χ3n) is 3.81. The zero-order chi connectivity index (χ0) is 16.4. The van der Waals surface area contributed by atoms with Gasteiger partial charge in [0.2, 0.25) is 0 Å². The minimum absolute atomic E-state index is 0.615. The fourth-order valence-corrected chi connectivity index (χ4v) is 2.56. The summed E-state index contributed by atoms with van der Waals surface area (Å²) in [5.74, 6) is 1.40. The first-order chi connectivity index (χ1) is 11.8. The molecule has 0 fully saturated rings. The first kappa shape index (κ1) is 14.3. The van der Waals surface area contributed by atoms with Gasteiger partial charge in [-0.3, -0.25) is 4.98 Å². The molecule has 0 aliphatic rings. The molecule has 4 aromatic rings. The Balaban J connectivity index is 1.85. The van der Waals surface area contributed by atoms with Crippen LogP contribution in [-0.2, 0) is 0 Å². The van der Waals surface area contributed by atoms with Crippen LogP contribution < -0.4 is 5.32 Å². The Morgan fingerprint density at radius 2 is 1.58 bits per heavy atom. The van der Waals surface area contributed by atoms with Crippen LogP contribution >= 0.6 is 0 Å². The number of anilines is 2. The van der Waals surface area contributed by atoms with Crippen molar-refractivity contribution in [2.75, 3.05) is 5.32 Å². The maximum Gasteiger partial charge on any atom is 0.180 e. The molecule has 0 saturated carbocycles. The fourth-order valence-electron chi connectivity index (χ4n) is 2.56. The van der Waals surface area contributed by atoms with Gasteiger partial charge in [-0.1, -0.05) is 35.9 Å². The molecule has 0 atom stereocenters. The van der Waals surface area contributed by atoms with E-state index >= 15 is 0 Å². The lowest BCUT2D eigenvalue weighted by Gasteiger charge is -2.11. The number of para-hydroxylation sites is 1. The van der Waals surface area contributed by atoms with Gasteiger partial charge >= 0.3 is 0 Å². The first-order valence-electron chi connectivity index (χ1n) is 7.81. The predicted octanol–water partition coefficient (Wildman–Crippen LogP) is 4.74. The molecule has 2 aromatic carbocycles. The van der Waals surface area contributed by atoms with Gasteiger partial charge < -0.3 is 5.32 Å². The van der Waals surface area contributed by atoms with Crippen LogP contribution in [0.2, 0.25) is 0 Å². The first-order valence-corrected chi connectivity index (χ1v) is 7.81. The summed E-state index contributed by atoms with van der Waals surface area (Å²) in [4.78, 5) is 13.7. The van der Waals surface area contributed by atoms with Crippen LogP contribution in [0.1, 0.15) is 5.56 Å². The van der Waals surface area contributed by atoms with Crippen LogP contribution in [0.5, 0.6) is 0 Å². The second-order valence-corrected chi connectivity index (χ2v) is 5.62. The van der Waals surface area contributed by atoms with Crippen molar-refractivity contribution in [2.24, 2.45) is 0 Å². The second-order valence-electron chi connectivity index (χ2n) is 5.62. The molecule has 0 aliphatic carbocycles. The summed E-state index contributed by atoms with van der Waals surface area (Å²) in [6.07, 6.45) is 1.75. The molecule has 0 aliphatic heterocycles. The van der Waals surface area contributed by atoms with E-state index in [1.165, 1.54) is 5.56 Å². The molecule has 4 nitrogen and oxygen atoms in total. The Morgan fingerprint density at radius 3 is 2.38 bits per heavy atom. The number of hydrogen-bond donors (Lipinski definition) is 1. The van der Waals surface area contributed by atoms with Gasteiger partial charge in [-0.25, -0.2) is 9.97 Å². The summed E-state index contributed by atoms with van der Waals surface area (Å²) in [6.45, 7) is 2.07. The zero-order valence-electron chi connectivity index (χ0n) is 13.3. The van der Waals surface area contributed by atoms with Crippen LogP contribution in [-0.4, -0.2) is 15.0 Å². The highest BCUT2D eigenvalue weighted by atomic mass is 15.0. The van der Waals surface area contributed by atoms with Crippen molar-refractivity contribution in [1.29, 1.82) is 0 Å². The molecule has 2 aromatic heterocycles. The third-order valence-corrected chi connectivity index (χ3v) is 3.81. The molecule has 0 unspecified atom stereocenters. The standard InChI is InChI=1S/C20H16N4/c1-14-9-11-15(12-10-14)22-19-16-6-2-3-7-17(16)23-20(24-19)18-8-4-5-13-21-18/h2-13H,1H3,(H,22,23,24). The van der Waals surface area contributed by atoms with Crippen LogP contribution in [0.15, 0.2) is 72.9 Å². The molecule has 116 valence electrons. The summed E-state index contributed by atoms with van der Waals surface area (Å²) >= 11 is 0. The number of rotatable bonds is 3. The highest BCUT2D eigenvalue weighted by molar-refractivity contribution is 5.92. The molecule has 2 heterocycles. The van der Waals surface area contributed by atoms with Gasteiger partial charge in [-0.05, 0) is 43.3 Å². The molecule has 0 bridgehead atoms. The molecule has 0 saturated heterocycles. The summed E-state index contributed by atoms with van der Waals surface area (Å²) in [7, 11) is 0.